The van der Waals surface area contributed by atoms with Gasteiger partial charge >= 0.3 is 0 Å². The fourth-order valence-electron chi connectivity index (χ4n) is 2.77. The van der Waals surface area contributed by atoms with Gasteiger partial charge in [-0.2, -0.15) is 0 Å². The third kappa shape index (κ3) is 4.24. The van der Waals surface area contributed by atoms with Gasteiger partial charge in [0.05, 0.1) is 0 Å². The summed E-state index contributed by atoms with van der Waals surface area (Å²) in [6.45, 7) is 12.3. The predicted molar refractivity (Wildman–Crippen MR) is 86.0 cm³/mol. The van der Waals surface area contributed by atoms with Gasteiger partial charge in [0, 0.05) is 25.3 Å². The monoisotopic (exact) mass is 262 g/mol. The second-order valence-corrected chi connectivity index (χ2v) is 5.59. The molecule has 1 aromatic rings. The molecule has 1 N–H and O–H groups in total. The molecule has 0 fully saturated rings. The molecule has 1 rings (SSSR count). The zero-order valence-electron chi connectivity index (χ0n) is 13.3. The van der Waals surface area contributed by atoms with E-state index in [1.165, 1.54) is 24.1 Å². The molecule has 0 aromatic heterocycles. The Morgan fingerprint density at radius 1 is 1.16 bits per heavy atom. The fourth-order valence-corrected chi connectivity index (χ4v) is 2.77. The Hall–Kier alpha value is -1.02. The molecule has 0 bridgehead atoms. The lowest BCUT2D eigenvalue weighted by Crippen LogP contribution is -2.43. The van der Waals surface area contributed by atoms with E-state index in [0.717, 1.165) is 19.6 Å². The molecule has 0 unspecified atom stereocenters. The number of benzene rings is 1. The highest BCUT2D eigenvalue weighted by Crippen LogP contribution is 2.29. The Labute approximate surface area is 119 Å². The molecule has 0 saturated heterocycles. The van der Waals surface area contributed by atoms with Gasteiger partial charge in [-0.05, 0) is 56.8 Å². The maximum Gasteiger partial charge on any atom is 0.0368 e. The zero-order valence-corrected chi connectivity index (χ0v) is 13.3. The molecule has 0 radical (unpaired) electrons. The van der Waals surface area contributed by atoms with Crippen LogP contribution in [0.1, 0.15) is 39.2 Å². The van der Waals surface area contributed by atoms with Gasteiger partial charge in [0.25, 0.3) is 0 Å². The first kappa shape index (κ1) is 16.0. The summed E-state index contributed by atoms with van der Waals surface area (Å²) in [6.07, 6.45) is 2.43. The van der Waals surface area contributed by atoms with Crippen molar-refractivity contribution in [2.75, 3.05) is 31.6 Å². The average molecular weight is 262 g/mol. The van der Waals surface area contributed by atoms with Crippen molar-refractivity contribution < 1.29 is 0 Å². The highest BCUT2D eigenvalue weighted by molar-refractivity contribution is 5.48. The Bertz CT molecular complexity index is 369. The standard InChI is InChI=1S/C17H30N2/c1-6-17(7-2,13-18-5)14-19(8-3)16-11-9-10-15(4)12-16/h9-12,18H,6-8,13-14H2,1-5H3. The van der Waals surface area contributed by atoms with Gasteiger partial charge < -0.3 is 10.2 Å². The lowest BCUT2D eigenvalue weighted by Gasteiger charge is -2.38. The first-order chi connectivity index (χ1) is 9.10. The van der Waals surface area contributed by atoms with Crippen molar-refractivity contribution in [1.29, 1.82) is 0 Å². The Morgan fingerprint density at radius 2 is 1.84 bits per heavy atom. The number of hydrogen-bond donors (Lipinski definition) is 1. The molecule has 0 aliphatic carbocycles. The first-order valence-electron chi connectivity index (χ1n) is 7.57. The van der Waals surface area contributed by atoms with Crippen molar-refractivity contribution in [1.82, 2.24) is 5.32 Å². The molecular formula is C17H30N2. The molecule has 0 aliphatic rings. The van der Waals surface area contributed by atoms with Crippen LogP contribution >= 0.6 is 0 Å². The van der Waals surface area contributed by atoms with E-state index in [1.807, 2.05) is 0 Å². The van der Waals surface area contributed by atoms with E-state index in [4.69, 9.17) is 0 Å². The van der Waals surface area contributed by atoms with E-state index < -0.39 is 0 Å². The van der Waals surface area contributed by atoms with Gasteiger partial charge in [-0.25, -0.2) is 0 Å². The topological polar surface area (TPSA) is 15.3 Å². The largest absolute Gasteiger partial charge is 0.371 e. The van der Waals surface area contributed by atoms with Crippen molar-refractivity contribution in [2.24, 2.45) is 5.41 Å². The molecule has 0 aliphatic heterocycles. The summed E-state index contributed by atoms with van der Waals surface area (Å²) in [5, 5.41) is 3.38. The van der Waals surface area contributed by atoms with Gasteiger partial charge in [0.2, 0.25) is 0 Å². The number of hydrogen-bond acceptors (Lipinski definition) is 2. The van der Waals surface area contributed by atoms with Gasteiger partial charge in [-0.15, -0.1) is 0 Å². The highest BCUT2D eigenvalue weighted by Gasteiger charge is 2.27. The number of nitrogens with zero attached hydrogens (tertiary/aromatic N) is 1. The fraction of sp³-hybridized carbons (Fsp3) is 0.647. The second kappa shape index (κ2) is 7.54. The quantitative estimate of drug-likeness (QED) is 0.765. The summed E-state index contributed by atoms with van der Waals surface area (Å²) in [5.74, 6) is 0. The summed E-state index contributed by atoms with van der Waals surface area (Å²) in [7, 11) is 2.06. The third-order valence-electron chi connectivity index (χ3n) is 4.33. The zero-order chi connectivity index (χ0) is 14.3. The molecule has 0 amide bonds. The minimum absolute atomic E-state index is 0.370. The van der Waals surface area contributed by atoms with Crippen LogP contribution in [0.3, 0.4) is 0 Å². The number of anilines is 1. The first-order valence-corrected chi connectivity index (χ1v) is 7.57. The van der Waals surface area contributed by atoms with Gasteiger partial charge in [0.15, 0.2) is 0 Å². The molecule has 0 atom stereocenters. The number of aryl methyl sites for hydroxylation is 1. The van der Waals surface area contributed by atoms with E-state index >= 15 is 0 Å². The van der Waals surface area contributed by atoms with Crippen LogP contribution in [-0.4, -0.2) is 26.7 Å². The number of rotatable bonds is 8. The van der Waals surface area contributed by atoms with Crippen molar-refractivity contribution >= 4 is 5.69 Å². The van der Waals surface area contributed by atoms with E-state index in [2.05, 4.69) is 69.2 Å². The van der Waals surface area contributed by atoms with Crippen LogP contribution < -0.4 is 10.2 Å². The van der Waals surface area contributed by atoms with E-state index in [9.17, 15) is 0 Å². The average Bonchev–Trinajstić information content (AvgIpc) is 2.43. The molecule has 0 heterocycles. The Balaban J connectivity index is 2.91. The summed E-state index contributed by atoms with van der Waals surface area (Å²) in [6, 6.07) is 8.84. The van der Waals surface area contributed by atoms with Crippen LogP contribution in [-0.2, 0) is 0 Å². The normalized spacial score (nSPS) is 11.6. The molecular weight excluding hydrogens is 232 g/mol. The van der Waals surface area contributed by atoms with Crippen LogP contribution in [0.2, 0.25) is 0 Å². The van der Waals surface area contributed by atoms with Crippen LogP contribution in [0.25, 0.3) is 0 Å². The van der Waals surface area contributed by atoms with Crippen molar-refractivity contribution in [2.45, 2.75) is 40.5 Å². The summed E-state index contributed by atoms with van der Waals surface area (Å²) in [4.78, 5) is 2.51. The van der Waals surface area contributed by atoms with Gasteiger partial charge in [0.1, 0.15) is 0 Å². The smallest absolute Gasteiger partial charge is 0.0368 e. The van der Waals surface area contributed by atoms with E-state index in [0.29, 0.717) is 5.41 Å². The van der Waals surface area contributed by atoms with Crippen molar-refractivity contribution in [3.8, 4) is 0 Å². The Kier molecular flexibility index (Phi) is 6.36. The summed E-state index contributed by atoms with van der Waals surface area (Å²) < 4.78 is 0. The van der Waals surface area contributed by atoms with Crippen molar-refractivity contribution in [3.05, 3.63) is 29.8 Å². The molecule has 2 heteroatoms. The molecule has 0 spiro atoms. The van der Waals surface area contributed by atoms with Gasteiger partial charge in [-0.3, -0.25) is 0 Å². The molecule has 2 nitrogen and oxygen atoms in total. The molecule has 108 valence electrons. The van der Waals surface area contributed by atoms with Crippen LogP contribution in [0, 0.1) is 12.3 Å². The molecule has 1 aromatic carbocycles. The summed E-state index contributed by atoms with van der Waals surface area (Å²) >= 11 is 0. The van der Waals surface area contributed by atoms with E-state index in [1.54, 1.807) is 0 Å². The minimum Gasteiger partial charge on any atom is -0.371 e. The summed E-state index contributed by atoms with van der Waals surface area (Å²) in [5.41, 5.74) is 3.06. The maximum atomic E-state index is 3.38. The minimum atomic E-state index is 0.370. The predicted octanol–water partition coefficient (Wildman–Crippen LogP) is 3.85. The molecule has 0 saturated carbocycles. The van der Waals surface area contributed by atoms with E-state index in [-0.39, 0.29) is 0 Å². The van der Waals surface area contributed by atoms with Crippen LogP contribution in [0.15, 0.2) is 24.3 Å². The van der Waals surface area contributed by atoms with Crippen LogP contribution in [0.4, 0.5) is 5.69 Å². The third-order valence-corrected chi connectivity index (χ3v) is 4.33. The van der Waals surface area contributed by atoms with Crippen LogP contribution in [0.5, 0.6) is 0 Å². The second-order valence-electron chi connectivity index (χ2n) is 5.59. The highest BCUT2D eigenvalue weighted by atomic mass is 15.1. The van der Waals surface area contributed by atoms with Gasteiger partial charge in [-0.1, -0.05) is 26.0 Å². The van der Waals surface area contributed by atoms with Crippen molar-refractivity contribution in [3.63, 3.8) is 0 Å². The maximum absolute atomic E-state index is 3.38. The molecule has 19 heavy (non-hydrogen) atoms. The Morgan fingerprint density at radius 3 is 2.32 bits per heavy atom. The lowest BCUT2D eigenvalue weighted by atomic mass is 9.81. The number of nitrogens with one attached hydrogen (secondary N) is 1. The lowest BCUT2D eigenvalue weighted by molar-refractivity contribution is 0.260. The SMILES string of the molecule is CCN(CC(CC)(CC)CNC)c1cccc(C)c1.